The summed E-state index contributed by atoms with van der Waals surface area (Å²) >= 11 is 1.50. The molecule has 1 aliphatic rings. The van der Waals surface area contributed by atoms with Gasteiger partial charge in [-0.2, -0.15) is 0 Å². The monoisotopic (exact) mass is 266 g/mol. The van der Waals surface area contributed by atoms with E-state index in [1.54, 1.807) is 0 Å². The van der Waals surface area contributed by atoms with E-state index in [2.05, 4.69) is 16.7 Å². The van der Waals surface area contributed by atoms with Gasteiger partial charge in [-0.1, -0.05) is 6.92 Å². The Labute approximate surface area is 112 Å². The molecule has 1 aromatic rings. The normalized spacial score (nSPS) is 18.8. The van der Waals surface area contributed by atoms with Crippen molar-refractivity contribution in [2.75, 3.05) is 6.54 Å². The van der Waals surface area contributed by atoms with Gasteiger partial charge in [0, 0.05) is 10.9 Å². The van der Waals surface area contributed by atoms with E-state index in [4.69, 9.17) is 0 Å². The van der Waals surface area contributed by atoms with E-state index in [0.29, 0.717) is 11.0 Å². The lowest BCUT2D eigenvalue weighted by atomic mass is 9.80. The van der Waals surface area contributed by atoms with Crippen LogP contribution in [0.1, 0.15) is 40.1 Å². The Bertz CT molecular complexity index is 422. The molecule has 0 aliphatic heterocycles. The first-order valence-electron chi connectivity index (χ1n) is 6.53. The predicted molar refractivity (Wildman–Crippen MR) is 74.1 cm³/mol. The summed E-state index contributed by atoms with van der Waals surface area (Å²) in [6.07, 6.45) is 4.70. The highest BCUT2D eigenvalue weighted by atomic mass is 32.1. The van der Waals surface area contributed by atoms with Crippen LogP contribution < -0.4 is 0 Å². The van der Waals surface area contributed by atoms with E-state index in [9.17, 15) is 9.82 Å². The minimum Gasteiger partial charge on any atom is -0.437 e. The Morgan fingerprint density at radius 3 is 3.06 bits per heavy atom. The second-order valence-corrected chi connectivity index (χ2v) is 5.92. The molecule has 4 nitrogen and oxygen atoms in total. The summed E-state index contributed by atoms with van der Waals surface area (Å²) in [5.74, 6) is 0. The minimum atomic E-state index is -0.407. The van der Waals surface area contributed by atoms with E-state index in [-0.39, 0.29) is 0 Å². The van der Waals surface area contributed by atoms with Crippen LogP contribution in [0.4, 0.5) is 0 Å². The van der Waals surface area contributed by atoms with Crippen molar-refractivity contribution in [3.05, 3.63) is 15.6 Å². The molecule has 1 atom stereocenters. The largest absolute Gasteiger partial charge is 0.437 e. The smallest absolute Gasteiger partial charge is 0.376 e. The quantitative estimate of drug-likeness (QED) is 0.650. The van der Waals surface area contributed by atoms with Gasteiger partial charge in [-0.25, -0.2) is 4.98 Å². The lowest BCUT2D eigenvalue weighted by Crippen LogP contribution is -2.47. The highest BCUT2D eigenvalue weighted by Gasteiger charge is 2.29. The van der Waals surface area contributed by atoms with Crippen LogP contribution in [0, 0.1) is 0 Å². The van der Waals surface area contributed by atoms with Crippen LogP contribution in [0.3, 0.4) is 0 Å². The summed E-state index contributed by atoms with van der Waals surface area (Å²) in [7, 11) is -0.407. The van der Waals surface area contributed by atoms with Crippen LogP contribution in [0.2, 0.25) is 6.82 Å². The number of nitrogens with zero attached hydrogens (tertiary/aromatic N) is 2. The Kier molecular flexibility index (Phi) is 4.53. The fourth-order valence-corrected chi connectivity index (χ4v) is 3.64. The van der Waals surface area contributed by atoms with Crippen molar-refractivity contribution in [3.8, 4) is 0 Å². The van der Waals surface area contributed by atoms with E-state index in [1.807, 2.05) is 6.82 Å². The summed E-state index contributed by atoms with van der Waals surface area (Å²) in [6, 6.07) is 0.373. The number of aromatic nitrogens is 1. The van der Waals surface area contributed by atoms with Crippen molar-refractivity contribution >= 4 is 24.7 Å². The Morgan fingerprint density at radius 2 is 2.44 bits per heavy atom. The van der Waals surface area contributed by atoms with Crippen molar-refractivity contribution in [3.63, 3.8) is 0 Å². The maximum Gasteiger partial charge on any atom is 0.376 e. The molecule has 6 heteroatoms. The second kappa shape index (κ2) is 5.95. The van der Waals surface area contributed by atoms with Crippen LogP contribution >= 0.6 is 11.3 Å². The van der Waals surface area contributed by atoms with Crippen LogP contribution in [0.5, 0.6) is 0 Å². The van der Waals surface area contributed by atoms with Gasteiger partial charge in [0.05, 0.1) is 5.69 Å². The highest BCUT2D eigenvalue weighted by Crippen LogP contribution is 2.29. The van der Waals surface area contributed by atoms with Gasteiger partial charge in [0.2, 0.25) is 0 Å². The van der Waals surface area contributed by atoms with Gasteiger partial charge in [0.1, 0.15) is 0 Å². The maximum atomic E-state index is 10.7. The zero-order chi connectivity index (χ0) is 13.1. The molecule has 2 rings (SSSR count). The summed E-state index contributed by atoms with van der Waals surface area (Å²) < 4.78 is 0. The van der Waals surface area contributed by atoms with Gasteiger partial charge in [0.25, 0.3) is 0 Å². The van der Waals surface area contributed by atoms with Gasteiger partial charge in [-0.05, 0) is 39.1 Å². The first-order valence-corrected chi connectivity index (χ1v) is 7.35. The molecule has 18 heavy (non-hydrogen) atoms. The lowest BCUT2D eigenvalue weighted by molar-refractivity contribution is 0.112. The van der Waals surface area contributed by atoms with Crippen LogP contribution in [0.15, 0.2) is 0 Å². The summed E-state index contributed by atoms with van der Waals surface area (Å²) in [6.45, 7) is 4.87. The van der Waals surface area contributed by atoms with E-state index in [1.165, 1.54) is 16.2 Å². The van der Waals surface area contributed by atoms with Gasteiger partial charge < -0.3 is 9.83 Å². The molecule has 0 saturated carbocycles. The first kappa shape index (κ1) is 13.7. The molecule has 1 aromatic heterocycles. The fraction of sp³-hybridized carbons (Fsp3) is 0.667. The molecular weight excluding hydrogens is 247 g/mol. The molecule has 0 saturated heterocycles. The van der Waals surface area contributed by atoms with Crippen LogP contribution in [-0.4, -0.2) is 40.7 Å². The maximum absolute atomic E-state index is 10.7. The molecule has 1 unspecified atom stereocenters. The van der Waals surface area contributed by atoms with Gasteiger partial charge >= 0.3 is 7.05 Å². The average molecular weight is 266 g/mol. The van der Waals surface area contributed by atoms with E-state index >= 15 is 0 Å². The Balaban J connectivity index is 2.12. The fourth-order valence-electron chi connectivity index (χ4n) is 2.64. The van der Waals surface area contributed by atoms with Crippen LogP contribution in [-0.2, 0) is 12.8 Å². The third-order valence-corrected chi connectivity index (χ3v) is 4.51. The van der Waals surface area contributed by atoms with Gasteiger partial charge in [-0.3, -0.25) is 4.79 Å². The molecule has 98 valence electrons. The number of hydrogen-bond acceptors (Lipinski definition) is 5. The van der Waals surface area contributed by atoms with Crippen molar-refractivity contribution < 1.29 is 9.82 Å². The summed E-state index contributed by atoms with van der Waals surface area (Å²) in [5, 5.41) is 10.4. The summed E-state index contributed by atoms with van der Waals surface area (Å²) in [5.41, 5.74) is 1.08. The standard InChI is InChI=1S/C12H19BN2O2S/c1-3-6-15(13(2)17)9-4-5-10-11(7-9)18-12(8-16)14-10/h8-9,17H,3-7H2,1-2H3. The SMILES string of the molecule is CCCN(B(C)O)C1CCc2nc(C=O)sc2C1. The predicted octanol–water partition coefficient (Wildman–Crippen LogP) is 1.64. The number of carbonyl (C=O) groups excluding carboxylic acids is 1. The zero-order valence-electron chi connectivity index (χ0n) is 10.9. The third kappa shape index (κ3) is 2.82. The highest BCUT2D eigenvalue weighted by molar-refractivity contribution is 7.13. The molecule has 0 amide bonds. The summed E-state index contributed by atoms with van der Waals surface area (Å²) in [4.78, 5) is 18.4. The van der Waals surface area contributed by atoms with Crippen LogP contribution in [0.25, 0.3) is 0 Å². The molecule has 1 heterocycles. The molecule has 0 fully saturated rings. The number of rotatable bonds is 5. The van der Waals surface area contributed by atoms with Crippen molar-refractivity contribution in [1.82, 2.24) is 9.79 Å². The third-order valence-electron chi connectivity index (χ3n) is 3.46. The van der Waals surface area contributed by atoms with Crippen molar-refractivity contribution in [2.24, 2.45) is 0 Å². The van der Waals surface area contributed by atoms with Gasteiger partial charge in [0.15, 0.2) is 11.3 Å². The zero-order valence-corrected chi connectivity index (χ0v) is 11.7. The second-order valence-electron chi connectivity index (χ2n) is 4.81. The molecule has 0 spiro atoms. The number of fused-ring (bicyclic) bond motifs is 1. The lowest BCUT2D eigenvalue weighted by Gasteiger charge is -2.34. The topological polar surface area (TPSA) is 53.4 Å². The number of hydrogen-bond donors (Lipinski definition) is 1. The molecule has 0 aromatic carbocycles. The number of carbonyl (C=O) groups is 1. The number of thiazole rings is 1. The van der Waals surface area contributed by atoms with Gasteiger partial charge in [-0.15, -0.1) is 11.3 Å². The van der Waals surface area contributed by atoms with E-state index < -0.39 is 7.05 Å². The minimum absolute atomic E-state index is 0.373. The van der Waals surface area contributed by atoms with E-state index in [0.717, 1.165) is 44.2 Å². The van der Waals surface area contributed by atoms with Crippen molar-refractivity contribution in [1.29, 1.82) is 0 Å². The molecule has 0 radical (unpaired) electrons. The Hall–Kier alpha value is -0.715. The first-order chi connectivity index (χ1) is 8.65. The van der Waals surface area contributed by atoms with Crippen molar-refractivity contribution in [2.45, 2.75) is 45.5 Å². The Morgan fingerprint density at radius 1 is 1.67 bits per heavy atom. The molecule has 1 aliphatic carbocycles. The molecular formula is C12H19BN2O2S. The average Bonchev–Trinajstić information content (AvgIpc) is 2.77. The number of aryl methyl sites for hydroxylation is 1. The molecule has 1 N–H and O–H groups in total. The number of aldehydes is 1. The molecule has 0 bridgehead atoms.